The van der Waals surface area contributed by atoms with Gasteiger partial charge in [-0.3, -0.25) is 9.78 Å². The van der Waals surface area contributed by atoms with Gasteiger partial charge < -0.3 is 19.3 Å². The molecular formula is C37H45ClN6O5S. The first-order chi connectivity index (χ1) is 23.3. The number of rotatable bonds is 5. The minimum absolute atomic E-state index is 0. The Morgan fingerprint density at radius 1 is 0.940 bits per heavy atom. The van der Waals surface area contributed by atoms with E-state index in [2.05, 4.69) is 46.4 Å². The third kappa shape index (κ3) is 8.36. The molecule has 0 aliphatic carbocycles. The second-order valence-corrected chi connectivity index (χ2v) is 15.7. The number of carbonyl (C=O) groups excluding carboxylic acids is 1. The highest BCUT2D eigenvalue weighted by Gasteiger charge is 2.32. The zero-order valence-corrected chi connectivity index (χ0v) is 31.0. The highest BCUT2D eigenvalue weighted by molar-refractivity contribution is 7.92. The average Bonchev–Trinajstić information content (AvgIpc) is 3.05. The van der Waals surface area contributed by atoms with Crippen LogP contribution in [0.4, 0.5) is 11.6 Å². The third-order valence-electron chi connectivity index (χ3n) is 8.90. The van der Waals surface area contributed by atoms with Gasteiger partial charge in [-0.15, -0.1) is 12.4 Å². The molecule has 1 fully saturated rings. The van der Waals surface area contributed by atoms with E-state index in [0.29, 0.717) is 25.3 Å². The van der Waals surface area contributed by atoms with Gasteiger partial charge in [0.25, 0.3) is 15.9 Å². The van der Waals surface area contributed by atoms with Crippen molar-refractivity contribution in [3.8, 4) is 17.1 Å². The summed E-state index contributed by atoms with van der Waals surface area (Å²) in [6.45, 7) is 15.6. The van der Waals surface area contributed by atoms with Crippen molar-refractivity contribution in [1.29, 1.82) is 0 Å². The van der Waals surface area contributed by atoms with Crippen LogP contribution in [0, 0.1) is 26.2 Å². The molecule has 4 heterocycles. The van der Waals surface area contributed by atoms with Gasteiger partial charge in [0, 0.05) is 30.3 Å². The van der Waals surface area contributed by atoms with Crippen LogP contribution in [0.1, 0.15) is 59.9 Å². The summed E-state index contributed by atoms with van der Waals surface area (Å²) in [5.74, 6) is -0.232. The molecule has 0 unspecified atom stereocenters. The molecule has 0 spiro atoms. The lowest BCUT2D eigenvalue weighted by molar-refractivity contribution is 0.0509. The third-order valence-corrected chi connectivity index (χ3v) is 10.2. The van der Waals surface area contributed by atoms with Gasteiger partial charge in [-0.25, -0.2) is 18.1 Å². The number of sulfonamides is 1. The maximum Gasteiger partial charge on any atom is 0.264 e. The first-order valence-corrected chi connectivity index (χ1v) is 18.1. The number of fused-ring (bicyclic) bond motifs is 4. The monoisotopic (exact) mass is 720 g/mol. The van der Waals surface area contributed by atoms with Gasteiger partial charge in [0.2, 0.25) is 11.8 Å². The van der Waals surface area contributed by atoms with E-state index in [1.54, 1.807) is 23.1 Å². The zero-order valence-electron chi connectivity index (χ0n) is 29.4. The Morgan fingerprint density at radius 3 is 2.32 bits per heavy atom. The fraction of sp³-hybridized carbons (Fsp3) is 0.405. The van der Waals surface area contributed by atoms with Gasteiger partial charge in [0.15, 0.2) is 0 Å². The molecule has 1 atom stereocenters. The molecule has 50 heavy (non-hydrogen) atoms. The van der Waals surface area contributed by atoms with E-state index in [1.807, 2.05) is 45.2 Å². The molecule has 6 rings (SSSR count). The number of hydrogen-bond donors (Lipinski definition) is 1. The van der Waals surface area contributed by atoms with Gasteiger partial charge in [0.05, 0.1) is 54.0 Å². The van der Waals surface area contributed by atoms with Crippen molar-refractivity contribution in [2.45, 2.75) is 65.4 Å². The summed E-state index contributed by atoms with van der Waals surface area (Å²) in [4.78, 5) is 32.4. The Labute approximate surface area is 300 Å². The first-order valence-electron chi connectivity index (χ1n) is 16.6. The maximum absolute atomic E-state index is 14.5. The number of halogens is 1. The van der Waals surface area contributed by atoms with E-state index < -0.39 is 16.1 Å². The number of amides is 1. The van der Waals surface area contributed by atoms with E-state index >= 15 is 0 Å². The number of nitrogens with zero attached hydrogens (tertiary/aromatic N) is 5. The van der Waals surface area contributed by atoms with Gasteiger partial charge in [0.1, 0.15) is 6.61 Å². The second kappa shape index (κ2) is 14.9. The zero-order chi connectivity index (χ0) is 34.9. The van der Waals surface area contributed by atoms with E-state index in [9.17, 15) is 13.2 Å². The van der Waals surface area contributed by atoms with Crippen LogP contribution >= 0.6 is 12.4 Å². The summed E-state index contributed by atoms with van der Waals surface area (Å²) in [5.41, 5.74) is 6.13. The molecule has 0 radical (unpaired) electrons. The fourth-order valence-corrected chi connectivity index (χ4v) is 7.45. The molecule has 2 aromatic carbocycles. The van der Waals surface area contributed by atoms with Crippen molar-refractivity contribution < 1.29 is 22.7 Å². The lowest BCUT2D eigenvalue weighted by Gasteiger charge is -2.36. The number of anilines is 2. The number of ether oxygens (including phenoxy) is 2. The molecule has 1 saturated heterocycles. The average molecular weight is 721 g/mol. The molecule has 1 N–H and O–H groups in total. The van der Waals surface area contributed by atoms with Crippen LogP contribution in [0.5, 0.6) is 5.88 Å². The molecule has 0 saturated carbocycles. The van der Waals surface area contributed by atoms with E-state index in [-0.39, 0.29) is 59.2 Å². The number of pyridine rings is 1. The van der Waals surface area contributed by atoms with Crippen LogP contribution in [-0.4, -0.2) is 73.1 Å². The number of nitrogens with one attached hydrogen (secondary N) is 1. The van der Waals surface area contributed by atoms with Crippen LogP contribution in [0.3, 0.4) is 0 Å². The quantitative estimate of drug-likeness (QED) is 0.251. The van der Waals surface area contributed by atoms with Crippen LogP contribution in [0.15, 0.2) is 65.7 Å². The number of benzene rings is 2. The molecule has 2 aliphatic rings. The van der Waals surface area contributed by atoms with Crippen molar-refractivity contribution >= 4 is 40.0 Å². The Morgan fingerprint density at radius 2 is 1.64 bits per heavy atom. The lowest BCUT2D eigenvalue weighted by atomic mass is 9.87. The normalized spacial score (nSPS) is 17.7. The Kier molecular flexibility index (Phi) is 11.0. The second-order valence-electron chi connectivity index (χ2n) is 14.0. The number of carbonyl (C=O) groups is 1. The maximum atomic E-state index is 14.5. The SMILES string of the molecule is Cc1cc(N2CCOCC2)cnc1CN1C(=O)c2cccc(c2)S(=O)(=O)Nc2nc(cc(-c3c(C)cccc3C)n2)OC[C@H]1CC(C)(C)C.Cl. The Hall–Kier alpha value is -4.26. The summed E-state index contributed by atoms with van der Waals surface area (Å²) in [6.07, 6.45) is 2.45. The van der Waals surface area contributed by atoms with Crippen molar-refractivity contribution in [3.05, 3.63) is 88.7 Å². The first kappa shape index (κ1) is 37.0. The molecule has 266 valence electrons. The Balaban J connectivity index is 0.00000486. The smallest absolute Gasteiger partial charge is 0.264 e. The molecule has 2 aliphatic heterocycles. The highest BCUT2D eigenvalue weighted by atomic mass is 35.5. The van der Waals surface area contributed by atoms with Crippen LogP contribution < -0.4 is 14.4 Å². The standard InChI is InChI=1S/C37H44N6O5S.ClH/c1-24-9-7-10-25(2)34(24)31-19-33-40-36(39-31)41-49(45,46)30-12-8-11-27(18-30)35(44)43(29(23-48-33)20-37(4,5)6)22-32-26(3)17-28(21-38-32)42-13-15-47-16-14-42;/h7-12,17-19,21,29H,13-16,20,22-23H2,1-6H3,(H,39,40,41);1H/t29-;/m1./s1. The topological polar surface area (TPSA) is 127 Å². The van der Waals surface area contributed by atoms with Crippen molar-refractivity contribution in [3.63, 3.8) is 0 Å². The number of hydrogen-bond acceptors (Lipinski definition) is 9. The number of aryl methyl sites for hydroxylation is 3. The molecule has 2 aromatic heterocycles. The summed E-state index contributed by atoms with van der Waals surface area (Å²) in [5, 5.41) is 0. The van der Waals surface area contributed by atoms with E-state index in [1.165, 1.54) is 12.1 Å². The van der Waals surface area contributed by atoms with E-state index in [4.69, 9.17) is 14.5 Å². The minimum Gasteiger partial charge on any atom is -0.475 e. The number of morpholine rings is 1. The van der Waals surface area contributed by atoms with Crippen molar-refractivity contribution in [2.75, 3.05) is 42.5 Å². The largest absolute Gasteiger partial charge is 0.475 e. The molecule has 4 aromatic rings. The van der Waals surface area contributed by atoms with Gasteiger partial charge in [-0.1, -0.05) is 45.0 Å². The van der Waals surface area contributed by atoms with Crippen LogP contribution in [0.2, 0.25) is 0 Å². The van der Waals surface area contributed by atoms with Gasteiger partial charge >= 0.3 is 0 Å². The molecule has 13 heteroatoms. The molecule has 4 bridgehead atoms. The van der Waals surface area contributed by atoms with Crippen LogP contribution in [0.25, 0.3) is 11.3 Å². The predicted octanol–water partition coefficient (Wildman–Crippen LogP) is 6.36. The molecular weight excluding hydrogens is 676 g/mol. The molecule has 1 amide bonds. The predicted molar refractivity (Wildman–Crippen MR) is 197 cm³/mol. The number of aromatic nitrogens is 3. The lowest BCUT2D eigenvalue weighted by Crippen LogP contribution is -2.45. The van der Waals surface area contributed by atoms with Gasteiger partial charge in [-0.05, 0) is 73.6 Å². The highest BCUT2D eigenvalue weighted by Crippen LogP contribution is 2.32. The fourth-order valence-electron chi connectivity index (χ4n) is 6.46. The minimum atomic E-state index is -4.17. The van der Waals surface area contributed by atoms with Gasteiger partial charge in [-0.2, -0.15) is 4.98 Å². The summed E-state index contributed by atoms with van der Waals surface area (Å²) in [7, 11) is -4.17. The summed E-state index contributed by atoms with van der Waals surface area (Å²) >= 11 is 0. The summed E-state index contributed by atoms with van der Waals surface area (Å²) < 4.78 is 41.9. The van der Waals surface area contributed by atoms with Crippen molar-refractivity contribution in [1.82, 2.24) is 19.9 Å². The van der Waals surface area contributed by atoms with Crippen LogP contribution in [-0.2, 0) is 21.3 Å². The summed E-state index contributed by atoms with van der Waals surface area (Å²) in [6, 6.07) is 15.4. The van der Waals surface area contributed by atoms with Crippen molar-refractivity contribution in [2.24, 2.45) is 5.41 Å². The molecule has 11 nitrogen and oxygen atoms in total. The Bertz CT molecular complexity index is 1960. The van der Waals surface area contributed by atoms with E-state index in [0.717, 1.165) is 46.7 Å².